The standard InChI is InChI=1S/C15H16BrN3OS/c1-9(2)20-14-13(18)12(7-17)21-15(14)19-8-10-5-3-4-6-11(10)16/h3-6,9,19H,8,18H2,1-2H3. The summed E-state index contributed by atoms with van der Waals surface area (Å²) >= 11 is 4.83. The summed E-state index contributed by atoms with van der Waals surface area (Å²) in [7, 11) is 0. The lowest BCUT2D eigenvalue weighted by atomic mass is 10.2. The quantitative estimate of drug-likeness (QED) is 0.825. The van der Waals surface area contributed by atoms with Crippen molar-refractivity contribution < 1.29 is 4.74 Å². The maximum Gasteiger partial charge on any atom is 0.178 e. The number of rotatable bonds is 5. The van der Waals surface area contributed by atoms with Crippen LogP contribution >= 0.6 is 27.3 Å². The minimum absolute atomic E-state index is 0.00236. The summed E-state index contributed by atoms with van der Waals surface area (Å²) < 4.78 is 6.77. The molecular formula is C15H16BrN3OS. The van der Waals surface area contributed by atoms with Gasteiger partial charge in [0.15, 0.2) is 5.75 Å². The molecule has 110 valence electrons. The summed E-state index contributed by atoms with van der Waals surface area (Å²) in [5, 5.41) is 13.2. The molecule has 0 saturated carbocycles. The number of anilines is 2. The van der Waals surface area contributed by atoms with Crippen molar-refractivity contribution in [1.82, 2.24) is 0 Å². The van der Waals surface area contributed by atoms with E-state index in [0.29, 0.717) is 22.9 Å². The van der Waals surface area contributed by atoms with Crippen molar-refractivity contribution in [3.05, 3.63) is 39.2 Å². The van der Waals surface area contributed by atoms with Crippen molar-refractivity contribution in [3.63, 3.8) is 0 Å². The molecule has 1 heterocycles. The van der Waals surface area contributed by atoms with E-state index in [-0.39, 0.29) is 6.10 Å². The first-order valence-electron chi connectivity index (χ1n) is 6.49. The van der Waals surface area contributed by atoms with Crippen LogP contribution in [0.4, 0.5) is 10.7 Å². The third kappa shape index (κ3) is 3.69. The zero-order chi connectivity index (χ0) is 15.4. The van der Waals surface area contributed by atoms with E-state index in [1.165, 1.54) is 11.3 Å². The van der Waals surface area contributed by atoms with E-state index in [4.69, 9.17) is 15.7 Å². The molecule has 0 bridgehead atoms. The maximum atomic E-state index is 9.11. The van der Waals surface area contributed by atoms with E-state index in [1.54, 1.807) is 0 Å². The molecule has 0 amide bonds. The van der Waals surface area contributed by atoms with Crippen LogP contribution in [-0.4, -0.2) is 6.10 Å². The highest BCUT2D eigenvalue weighted by molar-refractivity contribution is 9.10. The Hall–Kier alpha value is -1.71. The highest BCUT2D eigenvalue weighted by Crippen LogP contribution is 2.43. The van der Waals surface area contributed by atoms with Gasteiger partial charge in [0.1, 0.15) is 21.6 Å². The van der Waals surface area contributed by atoms with Crippen LogP contribution in [0.2, 0.25) is 0 Å². The first-order chi connectivity index (χ1) is 10.0. The van der Waals surface area contributed by atoms with Gasteiger partial charge in [-0.3, -0.25) is 0 Å². The molecular weight excluding hydrogens is 350 g/mol. The molecule has 3 N–H and O–H groups in total. The number of benzene rings is 1. The van der Waals surface area contributed by atoms with Crippen molar-refractivity contribution in [2.45, 2.75) is 26.5 Å². The third-order valence-corrected chi connectivity index (χ3v) is 4.57. The third-order valence-electron chi connectivity index (χ3n) is 2.75. The zero-order valence-electron chi connectivity index (χ0n) is 11.8. The Morgan fingerprint density at radius 1 is 1.43 bits per heavy atom. The maximum absolute atomic E-state index is 9.11. The second kappa shape index (κ2) is 6.83. The fourth-order valence-corrected chi connectivity index (χ4v) is 3.07. The molecule has 0 radical (unpaired) electrons. The zero-order valence-corrected chi connectivity index (χ0v) is 14.2. The van der Waals surface area contributed by atoms with Crippen LogP contribution in [0.25, 0.3) is 0 Å². The number of nitrogens with zero attached hydrogens (tertiary/aromatic N) is 1. The molecule has 21 heavy (non-hydrogen) atoms. The highest BCUT2D eigenvalue weighted by atomic mass is 79.9. The fourth-order valence-electron chi connectivity index (χ4n) is 1.80. The van der Waals surface area contributed by atoms with Crippen LogP contribution in [-0.2, 0) is 6.54 Å². The van der Waals surface area contributed by atoms with E-state index < -0.39 is 0 Å². The average molecular weight is 366 g/mol. The number of nitrogens with one attached hydrogen (secondary N) is 1. The van der Waals surface area contributed by atoms with Crippen LogP contribution in [0.3, 0.4) is 0 Å². The first kappa shape index (κ1) is 15.7. The second-order valence-corrected chi connectivity index (χ2v) is 6.60. The summed E-state index contributed by atoms with van der Waals surface area (Å²) in [5.74, 6) is 0.568. The van der Waals surface area contributed by atoms with Crippen molar-refractivity contribution in [2.75, 3.05) is 11.1 Å². The van der Waals surface area contributed by atoms with Crippen LogP contribution in [0.5, 0.6) is 5.75 Å². The van der Waals surface area contributed by atoms with E-state index in [0.717, 1.165) is 15.0 Å². The lowest BCUT2D eigenvalue weighted by molar-refractivity contribution is 0.246. The molecule has 0 fully saturated rings. The molecule has 6 heteroatoms. The first-order valence-corrected chi connectivity index (χ1v) is 8.10. The number of ether oxygens (including phenoxy) is 1. The molecule has 0 aliphatic heterocycles. The smallest absolute Gasteiger partial charge is 0.178 e. The molecule has 0 aliphatic carbocycles. The SMILES string of the molecule is CC(C)Oc1c(NCc2ccccc2Br)sc(C#N)c1N. The van der Waals surface area contributed by atoms with Gasteiger partial charge in [0.25, 0.3) is 0 Å². The van der Waals surface area contributed by atoms with E-state index in [9.17, 15) is 0 Å². The molecule has 0 atom stereocenters. The number of nitriles is 1. The van der Waals surface area contributed by atoms with Crippen LogP contribution in [0, 0.1) is 11.3 Å². The Labute approximate surface area is 136 Å². The summed E-state index contributed by atoms with van der Waals surface area (Å²) in [6.07, 6.45) is -0.00236. The van der Waals surface area contributed by atoms with E-state index in [1.807, 2.05) is 38.1 Å². The molecule has 0 unspecified atom stereocenters. The minimum atomic E-state index is -0.00236. The molecule has 0 spiro atoms. The van der Waals surface area contributed by atoms with Gasteiger partial charge < -0.3 is 15.8 Å². The molecule has 0 saturated heterocycles. The predicted molar refractivity (Wildman–Crippen MR) is 90.7 cm³/mol. The Morgan fingerprint density at radius 3 is 2.76 bits per heavy atom. The summed E-state index contributed by atoms with van der Waals surface area (Å²) in [4.78, 5) is 0.472. The molecule has 1 aromatic carbocycles. The van der Waals surface area contributed by atoms with Gasteiger partial charge in [0.2, 0.25) is 0 Å². The lowest BCUT2D eigenvalue weighted by Gasteiger charge is -2.13. The Kier molecular flexibility index (Phi) is 5.10. The topological polar surface area (TPSA) is 71.1 Å². The Balaban J connectivity index is 2.23. The van der Waals surface area contributed by atoms with Gasteiger partial charge in [0, 0.05) is 11.0 Å². The number of thiophene rings is 1. The Morgan fingerprint density at radius 2 is 2.14 bits per heavy atom. The van der Waals surface area contributed by atoms with Crippen molar-refractivity contribution in [2.24, 2.45) is 0 Å². The van der Waals surface area contributed by atoms with Gasteiger partial charge >= 0.3 is 0 Å². The minimum Gasteiger partial charge on any atom is -0.486 e. The molecule has 0 aliphatic rings. The lowest BCUT2D eigenvalue weighted by Crippen LogP contribution is -2.08. The summed E-state index contributed by atoms with van der Waals surface area (Å²) in [6, 6.07) is 10.1. The monoisotopic (exact) mass is 365 g/mol. The Bertz CT molecular complexity index is 676. The van der Waals surface area contributed by atoms with Crippen LogP contribution < -0.4 is 15.8 Å². The van der Waals surface area contributed by atoms with Crippen LogP contribution in [0.15, 0.2) is 28.7 Å². The summed E-state index contributed by atoms with van der Waals surface area (Å²) in [6.45, 7) is 4.49. The number of nitrogens with two attached hydrogens (primary N) is 1. The summed E-state index contributed by atoms with van der Waals surface area (Å²) in [5.41, 5.74) is 7.51. The predicted octanol–water partition coefficient (Wildman–Crippen LogP) is 4.36. The number of halogens is 1. The average Bonchev–Trinajstić information content (AvgIpc) is 2.74. The normalized spacial score (nSPS) is 10.4. The second-order valence-electron chi connectivity index (χ2n) is 4.73. The molecule has 4 nitrogen and oxygen atoms in total. The number of hydrogen-bond donors (Lipinski definition) is 2. The van der Waals surface area contributed by atoms with Gasteiger partial charge in [0.05, 0.1) is 6.10 Å². The van der Waals surface area contributed by atoms with Crippen molar-refractivity contribution in [3.8, 4) is 11.8 Å². The molecule has 2 rings (SSSR count). The van der Waals surface area contributed by atoms with E-state index in [2.05, 4.69) is 27.3 Å². The highest BCUT2D eigenvalue weighted by Gasteiger charge is 2.18. The fraction of sp³-hybridized carbons (Fsp3) is 0.267. The molecule has 2 aromatic rings. The van der Waals surface area contributed by atoms with Gasteiger partial charge in [-0.15, -0.1) is 11.3 Å². The van der Waals surface area contributed by atoms with Crippen molar-refractivity contribution >= 4 is 38.0 Å². The molecule has 1 aromatic heterocycles. The van der Waals surface area contributed by atoms with Gasteiger partial charge in [-0.2, -0.15) is 5.26 Å². The van der Waals surface area contributed by atoms with Crippen LogP contribution in [0.1, 0.15) is 24.3 Å². The van der Waals surface area contributed by atoms with Gasteiger partial charge in [-0.1, -0.05) is 34.1 Å². The number of nitrogen functional groups attached to an aromatic ring is 1. The largest absolute Gasteiger partial charge is 0.486 e. The number of hydrogen-bond acceptors (Lipinski definition) is 5. The van der Waals surface area contributed by atoms with Gasteiger partial charge in [-0.05, 0) is 25.5 Å². The van der Waals surface area contributed by atoms with Gasteiger partial charge in [-0.25, -0.2) is 0 Å². The van der Waals surface area contributed by atoms with E-state index >= 15 is 0 Å². The van der Waals surface area contributed by atoms with Crippen molar-refractivity contribution in [1.29, 1.82) is 5.26 Å².